The van der Waals surface area contributed by atoms with Crippen molar-refractivity contribution in [3.63, 3.8) is 0 Å². The molecule has 7 heteroatoms. The molecule has 19 heavy (non-hydrogen) atoms. The minimum absolute atomic E-state index is 0.0984. The lowest BCUT2D eigenvalue weighted by molar-refractivity contribution is -0.145. The molecule has 2 unspecified atom stereocenters. The summed E-state index contributed by atoms with van der Waals surface area (Å²) in [6.45, 7) is 0.0984. The van der Waals surface area contributed by atoms with Gasteiger partial charge >= 0.3 is 5.97 Å². The Balaban J connectivity index is 2.21. The van der Waals surface area contributed by atoms with Crippen LogP contribution in [0.5, 0.6) is 0 Å². The predicted molar refractivity (Wildman–Crippen MR) is 66.7 cm³/mol. The number of hydrogen-bond donors (Lipinski definition) is 1. The molecule has 0 aromatic carbocycles. The maximum Gasteiger partial charge on any atom is 0.328 e. The SMILES string of the molecule is COC(=O)C1CC(O)CN1C(=O)c1ccc(Cl)nc1. The van der Waals surface area contributed by atoms with Gasteiger partial charge in [-0.1, -0.05) is 11.6 Å². The third-order valence-corrected chi connectivity index (χ3v) is 3.21. The van der Waals surface area contributed by atoms with Crippen molar-refractivity contribution >= 4 is 23.5 Å². The normalized spacial score (nSPS) is 22.4. The van der Waals surface area contributed by atoms with Gasteiger partial charge < -0.3 is 14.7 Å². The van der Waals surface area contributed by atoms with Gasteiger partial charge in [-0.25, -0.2) is 9.78 Å². The minimum atomic E-state index is -0.761. The Kier molecular flexibility index (Phi) is 4.01. The van der Waals surface area contributed by atoms with Crippen LogP contribution in [0.25, 0.3) is 0 Å². The van der Waals surface area contributed by atoms with Crippen molar-refractivity contribution in [1.82, 2.24) is 9.88 Å². The van der Waals surface area contributed by atoms with E-state index < -0.39 is 18.1 Å². The number of β-amino-alcohol motifs (C(OH)–C–C–N with tert-alkyl or cyclic N) is 1. The highest BCUT2D eigenvalue weighted by Crippen LogP contribution is 2.21. The number of methoxy groups -OCH3 is 1. The van der Waals surface area contributed by atoms with Crippen molar-refractivity contribution in [1.29, 1.82) is 0 Å². The van der Waals surface area contributed by atoms with Crippen molar-refractivity contribution < 1.29 is 19.4 Å². The van der Waals surface area contributed by atoms with Crippen LogP contribution in [0.15, 0.2) is 18.3 Å². The first-order valence-electron chi connectivity index (χ1n) is 5.71. The molecular weight excluding hydrogens is 272 g/mol. The molecule has 0 aliphatic carbocycles. The van der Waals surface area contributed by atoms with Crippen LogP contribution >= 0.6 is 11.6 Å². The lowest BCUT2D eigenvalue weighted by Gasteiger charge is -2.22. The lowest BCUT2D eigenvalue weighted by atomic mass is 10.2. The Morgan fingerprint density at radius 3 is 2.84 bits per heavy atom. The molecule has 2 rings (SSSR count). The molecule has 0 saturated carbocycles. The third-order valence-electron chi connectivity index (χ3n) is 2.99. The van der Waals surface area contributed by atoms with E-state index in [1.54, 1.807) is 0 Å². The molecule has 0 bridgehead atoms. The van der Waals surface area contributed by atoms with Crippen LogP contribution in [0.1, 0.15) is 16.8 Å². The molecule has 1 aliphatic rings. The van der Waals surface area contributed by atoms with E-state index in [-0.39, 0.29) is 24.0 Å². The van der Waals surface area contributed by atoms with Crippen molar-refractivity contribution in [2.24, 2.45) is 0 Å². The van der Waals surface area contributed by atoms with Gasteiger partial charge in [0.2, 0.25) is 0 Å². The summed E-state index contributed by atoms with van der Waals surface area (Å²) in [6.07, 6.45) is 0.789. The molecule has 0 radical (unpaired) electrons. The van der Waals surface area contributed by atoms with E-state index in [1.807, 2.05) is 0 Å². The quantitative estimate of drug-likeness (QED) is 0.631. The van der Waals surface area contributed by atoms with Crippen LogP contribution < -0.4 is 0 Å². The molecule has 102 valence electrons. The highest BCUT2D eigenvalue weighted by atomic mass is 35.5. The number of rotatable bonds is 2. The average molecular weight is 285 g/mol. The number of aliphatic hydroxyl groups is 1. The van der Waals surface area contributed by atoms with E-state index in [0.717, 1.165) is 0 Å². The predicted octanol–water partition coefficient (Wildman–Crippen LogP) is 0.483. The van der Waals surface area contributed by atoms with Crippen molar-refractivity contribution in [2.75, 3.05) is 13.7 Å². The van der Waals surface area contributed by atoms with Crippen molar-refractivity contribution in [3.8, 4) is 0 Å². The van der Waals surface area contributed by atoms with Gasteiger partial charge in [0, 0.05) is 19.2 Å². The van der Waals surface area contributed by atoms with Gasteiger partial charge in [0.15, 0.2) is 0 Å². The molecule has 1 aromatic heterocycles. The molecule has 1 N–H and O–H groups in total. The number of likely N-dealkylation sites (tertiary alicyclic amines) is 1. The van der Waals surface area contributed by atoms with Crippen LogP contribution in [-0.4, -0.2) is 52.7 Å². The highest BCUT2D eigenvalue weighted by molar-refractivity contribution is 6.29. The second-order valence-corrected chi connectivity index (χ2v) is 4.64. The van der Waals surface area contributed by atoms with Crippen LogP contribution in [0.2, 0.25) is 5.15 Å². The van der Waals surface area contributed by atoms with E-state index >= 15 is 0 Å². The molecule has 1 fully saturated rings. The van der Waals surface area contributed by atoms with E-state index in [9.17, 15) is 14.7 Å². The third kappa shape index (κ3) is 2.85. The largest absolute Gasteiger partial charge is 0.467 e. The zero-order valence-electron chi connectivity index (χ0n) is 10.2. The van der Waals surface area contributed by atoms with E-state index in [2.05, 4.69) is 9.72 Å². The maximum absolute atomic E-state index is 12.3. The van der Waals surface area contributed by atoms with E-state index in [4.69, 9.17) is 11.6 Å². The topological polar surface area (TPSA) is 79.7 Å². The Morgan fingerprint density at radius 1 is 1.53 bits per heavy atom. The van der Waals surface area contributed by atoms with Crippen LogP contribution in [0.3, 0.4) is 0 Å². The first-order chi connectivity index (χ1) is 9.02. The molecule has 6 nitrogen and oxygen atoms in total. The molecule has 1 saturated heterocycles. The summed E-state index contributed by atoms with van der Waals surface area (Å²) in [5.74, 6) is -0.914. The van der Waals surface area contributed by atoms with Gasteiger partial charge in [-0.3, -0.25) is 4.79 Å². The van der Waals surface area contributed by atoms with Gasteiger partial charge in [-0.2, -0.15) is 0 Å². The summed E-state index contributed by atoms with van der Waals surface area (Å²) < 4.78 is 4.64. The number of carbonyl (C=O) groups excluding carboxylic acids is 2. The zero-order valence-corrected chi connectivity index (χ0v) is 11.0. The summed E-state index contributed by atoms with van der Waals surface area (Å²) in [4.78, 5) is 29.0. The number of halogens is 1. The number of aliphatic hydroxyl groups excluding tert-OH is 1. The molecule has 2 atom stereocenters. The maximum atomic E-state index is 12.3. The number of pyridine rings is 1. The fourth-order valence-corrected chi connectivity index (χ4v) is 2.18. The van der Waals surface area contributed by atoms with Crippen molar-refractivity contribution in [2.45, 2.75) is 18.6 Å². The molecule has 2 heterocycles. The Morgan fingerprint density at radius 2 is 2.26 bits per heavy atom. The monoisotopic (exact) mass is 284 g/mol. The van der Waals surface area contributed by atoms with Gasteiger partial charge in [-0.15, -0.1) is 0 Å². The molecule has 1 aromatic rings. The fourth-order valence-electron chi connectivity index (χ4n) is 2.07. The summed E-state index contributed by atoms with van der Waals surface area (Å²) >= 11 is 5.65. The summed E-state index contributed by atoms with van der Waals surface area (Å²) in [5.41, 5.74) is 0.312. The lowest BCUT2D eigenvalue weighted by Crippen LogP contribution is -2.41. The van der Waals surface area contributed by atoms with Crippen LogP contribution in [0.4, 0.5) is 0 Å². The number of esters is 1. The second kappa shape index (κ2) is 5.54. The summed E-state index contributed by atoms with van der Waals surface area (Å²) in [6, 6.07) is 2.26. The number of nitrogens with zero attached hydrogens (tertiary/aromatic N) is 2. The molecular formula is C12H13ClN2O4. The molecule has 0 spiro atoms. The van der Waals surface area contributed by atoms with E-state index in [0.29, 0.717) is 5.56 Å². The van der Waals surface area contributed by atoms with Gasteiger partial charge in [0.1, 0.15) is 11.2 Å². The average Bonchev–Trinajstić information content (AvgIpc) is 2.80. The number of ether oxygens (including phenoxy) is 1. The molecule has 1 amide bonds. The number of carbonyl (C=O) groups is 2. The van der Waals surface area contributed by atoms with E-state index in [1.165, 1.54) is 30.3 Å². The standard InChI is InChI=1S/C12H13ClN2O4/c1-19-12(18)9-4-8(16)6-15(9)11(17)7-2-3-10(13)14-5-7/h2-3,5,8-9,16H,4,6H2,1H3. The zero-order chi connectivity index (χ0) is 14.0. The van der Waals surface area contributed by atoms with Crippen molar-refractivity contribution in [3.05, 3.63) is 29.0 Å². The van der Waals surface area contributed by atoms with Gasteiger partial charge in [0.05, 0.1) is 18.8 Å². The number of aromatic nitrogens is 1. The Labute approximate surface area is 114 Å². The second-order valence-electron chi connectivity index (χ2n) is 4.26. The smallest absolute Gasteiger partial charge is 0.328 e. The highest BCUT2D eigenvalue weighted by Gasteiger charge is 2.39. The van der Waals surface area contributed by atoms with Crippen LogP contribution in [-0.2, 0) is 9.53 Å². The molecule has 1 aliphatic heterocycles. The van der Waals surface area contributed by atoms with Gasteiger partial charge in [-0.05, 0) is 12.1 Å². The van der Waals surface area contributed by atoms with Crippen LogP contribution in [0, 0.1) is 0 Å². The Hall–Kier alpha value is -1.66. The first-order valence-corrected chi connectivity index (χ1v) is 6.09. The first kappa shape index (κ1) is 13.8. The number of hydrogen-bond acceptors (Lipinski definition) is 5. The summed E-state index contributed by atoms with van der Waals surface area (Å²) in [5, 5.41) is 9.90. The Bertz CT molecular complexity index is 491. The fraction of sp³-hybridized carbons (Fsp3) is 0.417. The minimum Gasteiger partial charge on any atom is -0.467 e. The number of amides is 1. The summed E-state index contributed by atoms with van der Waals surface area (Å²) in [7, 11) is 1.25. The van der Waals surface area contributed by atoms with Gasteiger partial charge in [0.25, 0.3) is 5.91 Å².